The number of esters is 1. The highest BCUT2D eigenvalue weighted by molar-refractivity contribution is 14.1. The molecule has 0 unspecified atom stereocenters. The molecule has 0 aliphatic carbocycles. The number of hydrogen-bond donors (Lipinski definition) is 2. The van der Waals surface area contributed by atoms with Crippen molar-refractivity contribution in [2.24, 2.45) is 0 Å². The number of nitrogens with one attached hydrogen (secondary N) is 1. The second-order valence-electron chi connectivity index (χ2n) is 4.01. The van der Waals surface area contributed by atoms with Crippen LogP contribution in [0.3, 0.4) is 0 Å². The van der Waals surface area contributed by atoms with Gasteiger partial charge in [-0.1, -0.05) is 6.07 Å². The first-order valence-electron chi connectivity index (χ1n) is 5.72. The number of rotatable bonds is 3. The summed E-state index contributed by atoms with van der Waals surface area (Å²) in [6.07, 6.45) is 0. The van der Waals surface area contributed by atoms with Gasteiger partial charge in [0.1, 0.15) is 5.82 Å². The highest BCUT2D eigenvalue weighted by atomic mass is 127. The van der Waals surface area contributed by atoms with Crippen LogP contribution in [-0.2, 0) is 4.74 Å². The zero-order valence-electron chi connectivity index (χ0n) is 10.6. The van der Waals surface area contributed by atoms with E-state index in [2.05, 4.69) is 5.32 Å². The first-order valence-corrected chi connectivity index (χ1v) is 6.79. The number of nitrogen functional groups attached to an aromatic ring is 1. The molecule has 0 saturated carbocycles. The highest BCUT2D eigenvalue weighted by Crippen LogP contribution is 2.30. The van der Waals surface area contributed by atoms with Gasteiger partial charge in [-0.15, -0.1) is 0 Å². The van der Waals surface area contributed by atoms with E-state index in [0.717, 1.165) is 0 Å². The fourth-order valence-corrected chi connectivity index (χ4v) is 2.33. The maximum atomic E-state index is 13.1. The Morgan fingerprint density at radius 3 is 2.75 bits per heavy atom. The molecule has 0 fully saturated rings. The molecule has 0 bridgehead atoms. The third kappa shape index (κ3) is 3.01. The molecule has 0 aliphatic heterocycles. The van der Waals surface area contributed by atoms with Crippen LogP contribution in [0.2, 0.25) is 0 Å². The topological polar surface area (TPSA) is 64.3 Å². The summed E-state index contributed by atoms with van der Waals surface area (Å²) in [4.78, 5) is 11.7. The molecule has 2 aromatic rings. The summed E-state index contributed by atoms with van der Waals surface area (Å²) in [5.41, 5.74) is 7.74. The Bertz CT molecular complexity index is 662. The summed E-state index contributed by atoms with van der Waals surface area (Å²) >= 11 is 2.00. The number of methoxy groups -OCH3 is 1. The van der Waals surface area contributed by atoms with Gasteiger partial charge in [0.2, 0.25) is 0 Å². The van der Waals surface area contributed by atoms with E-state index < -0.39 is 5.97 Å². The predicted molar refractivity (Wildman–Crippen MR) is 84.6 cm³/mol. The van der Waals surface area contributed by atoms with E-state index in [1.807, 2.05) is 22.6 Å². The van der Waals surface area contributed by atoms with E-state index >= 15 is 0 Å². The van der Waals surface area contributed by atoms with Crippen molar-refractivity contribution < 1.29 is 13.9 Å². The molecule has 0 amide bonds. The van der Waals surface area contributed by atoms with Crippen molar-refractivity contribution in [3.8, 4) is 0 Å². The molecule has 3 N–H and O–H groups in total. The second kappa shape index (κ2) is 6.08. The minimum atomic E-state index is -0.489. The van der Waals surface area contributed by atoms with Gasteiger partial charge in [-0.05, 0) is 52.9 Å². The van der Waals surface area contributed by atoms with E-state index in [1.165, 1.54) is 19.2 Å². The number of ether oxygens (including phenoxy) is 1. The molecule has 104 valence electrons. The molecule has 0 aliphatic rings. The van der Waals surface area contributed by atoms with E-state index in [-0.39, 0.29) is 5.82 Å². The number of carbonyl (C=O) groups excluding carboxylic acids is 1. The first-order chi connectivity index (χ1) is 9.52. The molecule has 0 spiro atoms. The lowest BCUT2D eigenvalue weighted by Gasteiger charge is -2.14. The maximum absolute atomic E-state index is 13.1. The molecule has 20 heavy (non-hydrogen) atoms. The van der Waals surface area contributed by atoms with Crippen molar-refractivity contribution in [2.45, 2.75) is 0 Å². The molecule has 0 radical (unpaired) electrons. The Kier molecular flexibility index (Phi) is 4.43. The van der Waals surface area contributed by atoms with Gasteiger partial charge in [0, 0.05) is 3.57 Å². The summed E-state index contributed by atoms with van der Waals surface area (Å²) < 4.78 is 18.5. The first kappa shape index (κ1) is 14.6. The minimum Gasteiger partial charge on any atom is -0.465 e. The third-order valence-corrected chi connectivity index (χ3v) is 3.59. The number of carbonyl (C=O) groups is 1. The van der Waals surface area contributed by atoms with Gasteiger partial charge in [0.05, 0.1) is 29.7 Å². The maximum Gasteiger partial charge on any atom is 0.340 e. The van der Waals surface area contributed by atoms with Crippen molar-refractivity contribution in [1.82, 2.24) is 0 Å². The number of hydrogen-bond acceptors (Lipinski definition) is 4. The average Bonchev–Trinajstić information content (AvgIpc) is 2.42. The summed E-state index contributed by atoms with van der Waals surface area (Å²) in [5.74, 6) is -0.814. The summed E-state index contributed by atoms with van der Waals surface area (Å²) in [7, 11) is 1.30. The third-order valence-electron chi connectivity index (χ3n) is 2.69. The lowest BCUT2D eigenvalue weighted by Crippen LogP contribution is -2.08. The molecule has 2 aromatic carbocycles. The van der Waals surface area contributed by atoms with Crippen LogP contribution in [0.5, 0.6) is 0 Å². The molecule has 0 atom stereocenters. The Balaban J connectivity index is 2.45. The van der Waals surface area contributed by atoms with Gasteiger partial charge < -0.3 is 15.8 Å². The largest absolute Gasteiger partial charge is 0.465 e. The molecule has 2 rings (SSSR count). The quantitative estimate of drug-likeness (QED) is 0.481. The standard InChI is InChI=1S/C14H12FIN2O2/c1-20-14(19)9-3-2-4-11(17)13(9)18-12-6-5-8(15)7-10(12)16/h2-7,18H,17H2,1H3. The van der Waals surface area contributed by atoms with Crippen molar-refractivity contribution in [2.75, 3.05) is 18.2 Å². The number of anilines is 3. The van der Waals surface area contributed by atoms with Gasteiger partial charge in [0.25, 0.3) is 0 Å². The van der Waals surface area contributed by atoms with Crippen LogP contribution in [0, 0.1) is 9.39 Å². The van der Waals surface area contributed by atoms with E-state index in [1.54, 1.807) is 24.3 Å². The van der Waals surface area contributed by atoms with Crippen LogP contribution in [0.15, 0.2) is 36.4 Å². The fourth-order valence-electron chi connectivity index (χ4n) is 1.72. The monoisotopic (exact) mass is 386 g/mol. The molecule has 0 aromatic heterocycles. The van der Waals surface area contributed by atoms with Crippen LogP contribution in [0.1, 0.15) is 10.4 Å². The Morgan fingerprint density at radius 1 is 1.35 bits per heavy atom. The van der Waals surface area contributed by atoms with Gasteiger partial charge in [-0.25, -0.2) is 9.18 Å². The SMILES string of the molecule is COC(=O)c1cccc(N)c1Nc1ccc(F)cc1I. The van der Waals surface area contributed by atoms with Crippen LogP contribution in [0.4, 0.5) is 21.5 Å². The van der Waals surface area contributed by atoms with Crippen molar-refractivity contribution >= 4 is 45.6 Å². The van der Waals surface area contributed by atoms with Crippen molar-refractivity contribution in [1.29, 1.82) is 0 Å². The Labute approximate surface area is 129 Å². The number of nitrogens with two attached hydrogens (primary N) is 1. The van der Waals surface area contributed by atoms with E-state index in [0.29, 0.717) is 26.2 Å². The zero-order chi connectivity index (χ0) is 14.7. The van der Waals surface area contributed by atoms with Crippen molar-refractivity contribution in [3.05, 3.63) is 51.3 Å². The summed E-state index contributed by atoms with van der Waals surface area (Å²) in [6.45, 7) is 0. The lowest BCUT2D eigenvalue weighted by atomic mass is 10.1. The van der Waals surface area contributed by atoms with E-state index in [4.69, 9.17) is 10.5 Å². The van der Waals surface area contributed by atoms with Crippen LogP contribution in [-0.4, -0.2) is 13.1 Å². The predicted octanol–water partition coefficient (Wildman–Crippen LogP) is 3.54. The Hall–Kier alpha value is -1.83. The van der Waals surface area contributed by atoms with Gasteiger partial charge >= 0.3 is 5.97 Å². The number of benzene rings is 2. The molecular formula is C14H12FIN2O2. The average molecular weight is 386 g/mol. The Morgan fingerprint density at radius 2 is 2.10 bits per heavy atom. The molecule has 0 saturated heterocycles. The molecule has 6 heteroatoms. The van der Waals surface area contributed by atoms with Crippen LogP contribution >= 0.6 is 22.6 Å². The van der Waals surface area contributed by atoms with Gasteiger partial charge in [-0.3, -0.25) is 0 Å². The zero-order valence-corrected chi connectivity index (χ0v) is 12.8. The fraction of sp³-hybridized carbons (Fsp3) is 0.0714. The highest BCUT2D eigenvalue weighted by Gasteiger charge is 2.15. The normalized spacial score (nSPS) is 10.2. The number of halogens is 2. The van der Waals surface area contributed by atoms with Gasteiger partial charge in [-0.2, -0.15) is 0 Å². The van der Waals surface area contributed by atoms with Crippen molar-refractivity contribution in [3.63, 3.8) is 0 Å². The summed E-state index contributed by atoms with van der Waals surface area (Å²) in [5, 5.41) is 3.05. The van der Waals surface area contributed by atoms with E-state index in [9.17, 15) is 9.18 Å². The number of para-hydroxylation sites is 1. The molecular weight excluding hydrogens is 374 g/mol. The van der Waals surface area contributed by atoms with Gasteiger partial charge in [0.15, 0.2) is 0 Å². The lowest BCUT2D eigenvalue weighted by molar-refractivity contribution is 0.0602. The molecule has 4 nitrogen and oxygen atoms in total. The van der Waals surface area contributed by atoms with Crippen LogP contribution in [0.25, 0.3) is 0 Å². The molecule has 0 heterocycles. The van der Waals surface area contributed by atoms with Crippen LogP contribution < -0.4 is 11.1 Å². The second-order valence-corrected chi connectivity index (χ2v) is 5.17. The smallest absolute Gasteiger partial charge is 0.340 e. The summed E-state index contributed by atoms with van der Waals surface area (Å²) in [6, 6.07) is 9.26. The minimum absolute atomic E-state index is 0.325.